The van der Waals surface area contributed by atoms with Gasteiger partial charge < -0.3 is 10.2 Å². The SMILES string of the molecule is OCC#Cc1nc(CO)cs1. The molecule has 2 N–H and O–H groups in total. The molecular formula is C7H7NO2S. The number of hydrogen-bond donors (Lipinski definition) is 2. The Bertz CT molecular complexity index is 284. The number of aliphatic hydroxyl groups excluding tert-OH is 2. The van der Waals surface area contributed by atoms with E-state index in [0.29, 0.717) is 10.7 Å². The molecule has 0 aromatic carbocycles. The Hall–Kier alpha value is -0.890. The predicted molar refractivity (Wildman–Crippen MR) is 42.0 cm³/mol. The fourth-order valence-corrected chi connectivity index (χ4v) is 1.23. The van der Waals surface area contributed by atoms with Crippen LogP contribution in [-0.4, -0.2) is 21.8 Å². The van der Waals surface area contributed by atoms with E-state index in [2.05, 4.69) is 16.8 Å². The van der Waals surface area contributed by atoms with Gasteiger partial charge in [-0.1, -0.05) is 5.92 Å². The van der Waals surface area contributed by atoms with Gasteiger partial charge in [0.2, 0.25) is 0 Å². The normalized spacial score (nSPS) is 8.91. The summed E-state index contributed by atoms with van der Waals surface area (Å²) in [6.07, 6.45) is 0. The zero-order valence-electron chi connectivity index (χ0n) is 5.74. The van der Waals surface area contributed by atoms with E-state index in [1.165, 1.54) is 11.3 Å². The van der Waals surface area contributed by atoms with Gasteiger partial charge in [0.1, 0.15) is 6.61 Å². The summed E-state index contributed by atoms with van der Waals surface area (Å²) in [6, 6.07) is 0. The Morgan fingerprint density at radius 2 is 2.36 bits per heavy atom. The number of rotatable bonds is 1. The second kappa shape index (κ2) is 4.09. The lowest BCUT2D eigenvalue weighted by atomic mass is 10.5. The van der Waals surface area contributed by atoms with Crippen LogP contribution in [0.3, 0.4) is 0 Å². The third-order valence-corrected chi connectivity index (χ3v) is 1.79. The van der Waals surface area contributed by atoms with Crippen molar-refractivity contribution in [2.45, 2.75) is 6.61 Å². The zero-order valence-corrected chi connectivity index (χ0v) is 6.56. The van der Waals surface area contributed by atoms with Gasteiger partial charge in [-0.05, 0) is 5.92 Å². The molecule has 0 atom stereocenters. The number of thiazole rings is 1. The van der Waals surface area contributed by atoms with E-state index in [9.17, 15) is 0 Å². The summed E-state index contributed by atoms with van der Waals surface area (Å²) < 4.78 is 0. The van der Waals surface area contributed by atoms with Crippen LogP contribution in [0.5, 0.6) is 0 Å². The first-order valence-electron chi connectivity index (χ1n) is 3.02. The van der Waals surface area contributed by atoms with E-state index >= 15 is 0 Å². The standard InChI is InChI=1S/C7H7NO2S/c9-3-1-2-7-8-6(4-10)5-11-7/h5,9-10H,3-4H2. The van der Waals surface area contributed by atoms with Crippen molar-refractivity contribution in [3.05, 3.63) is 16.1 Å². The van der Waals surface area contributed by atoms with Gasteiger partial charge in [-0.2, -0.15) is 0 Å². The van der Waals surface area contributed by atoms with Gasteiger partial charge in [0.05, 0.1) is 12.3 Å². The Balaban J connectivity index is 2.72. The van der Waals surface area contributed by atoms with Crippen molar-refractivity contribution in [3.63, 3.8) is 0 Å². The molecule has 0 aliphatic rings. The monoisotopic (exact) mass is 169 g/mol. The van der Waals surface area contributed by atoms with Crippen molar-refractivity contribution in [2.75, 3.05) is 6.61 Å². The maximum absolute atomic E-state index is 8.62. The van der Waals surface area contributed by atoms with Gasteiger partial charge in [-0.15, -0.1) is 11.3 Å². The van der Waals surface area contributed by atoms with E-state index in [1.807, 2.05) is 0 Å². The molecule has 0 saturated carbocycles. The number of aromatic nitrogens is 1. The number of hydrogen-bond acceptors (Lipinski definition) is 4. The molecule has 3 nitrogen and oxygen atoms in total. The number of aliphatic hydroxyl groups is 2. The smallest absolute Gasteiger partial charge is 0.167 e. The van der Waals surface area contributed by atoms with Crippen molar-refractivity contribution >= 4 is 11.3 Å². The molecule has 11 heavy (non-hydrogen) atoms. The van der Waals surface area contributed by atoms with Crippen molar-refractivity contribution in [1.29, 1.82) is 0 Å². The highest BCUT2D eigenvalue weighted by Gasteiger charge is 1.95. The average molecular weight is 169 g/mol. The highest BCUT2D eigenvalue weighted by atomic mass is 32.1. The van der Waals surface area contributed by atoms with Crippen molar-refractivity contribution in [3.8, 4) is 11.8 Å². The van der Waals surface area contributed by atoms with Crippen LogP contribution in [0, 0.1) is 11.8 Å². The van der Waals surface area contributed by atoms with Crippen LogP contribution in [0.4, 0.5) is 0 Å². The molecule has 58 valence electrons. The van der Waals surface area contributed by atoms with Crippen LogP contribution < -0.4 is 0 Å². The Morgan fingerprint density at radius 1 is 1.55 bits per heavy atom. The van der Waals surface area contributed by atoms with E-state index in [4.69, 9.17) is 10.2 Å². The Kier molecular flexibility index (Phi) is 3.05. The summed E-state index contributed by atoms with van der Waals surface area (Å²) in [5.41, 5.74) is 0.622. The largest absolute Gasteiger partial charge is 0.390 e. The van der Waals surface area contributed by atoms with E-state index in [1.54, 1.807) is 5.38 Å². The summed E-state index contributed by atoms with van der Waals surface area (Å²) in [7, 11) is 0. The minimum atomic E-state index is -0.159. The molecule has 1 heterocycles. The summed E-state index contributed by atoms with van der Waals surface area (Å²) in [4.78, 5) is 3.95. The molecule has 0 radical (unpaired) electrons. The molecule has 1 aromatic heterocycles. The van der Waals surface area contributed by atoms with Gasteiger partial charge in [0.25, 0.3) is 0 Å². The van der Waals surface area contributed by atoms with E-state index in [-0.39, 0.29) is 13.2 Å². The van der Waals surface area contributed by atoms with Crippen LogP contribution in [0.25, 0.3) is 0 Å². The lowest BCUT2D eigenvalue weighted by Crippen LogP contribution is -1.82. The molecule has 0 spiro atoms. The Labute approximate surface area is 68.3 Å². The summed E-state index contributed by atoms with van der Waals surface area (Å²) >= 11 is 1.36. The highest BCUT2D eigenvalue weighted by Crippen LogP contribution is 2.07. The van der Waals surface area contributed by atoms with Crippen LogP contribution in [-0.2, 0) is 6.61 Å². The van der Waals surface area contributed by atoms with Gasteiger partial charge in [-0.25, -0.2) is 4.98 Å². The first-order valence-corrected chi connectivity index (χ1v) is 3.89. The molecule has 4 heteroatoms. The third-order valence-electron chi connectivity index (χ3n) is 0.988. The first-order chi connectivity index (χ1) is 5.36. The molecule has 1 aromatic rings. The maximum Gasteiger partial charge on any atom is 0.167 e. The molecule has 0 saturated heterocycles. The van der Waals surface area contributed by atoms with Crippen LogP contribution >= 0.6 is 11.3 Å². The second-order valence-corrected chi connectivity index (χ2v) is 2.62. The minimum absolute atomic E-state index is 0.0582. The lowest BCUT2D eigenvalue weighted by Gasteiger charge is -1.80. The molecule has 0 fully saturated rings. The lowest BCUT2D eigenvalue weighted by molar-refractivity contribution is 0.277. The summed E-state index contributed by atoms with van der Waals surface area (Å²) in [5.74, 6) is 5.12. The van der Waals surface area contributed by atoms with Crippen molar-refractivity contribution < 1.29 is 10.2 Å². The second-order valence-electron chi connectivity index (χ2n) is 1.76. The zero-order chi connectivity index (χ0) is 8.10. The van der Waals surface area contributed by atoms with Crippen molar-refractivity contribution in [1.82, 2.24) is 4.98 Å². The quantitative estimate of drug-likeness (QED) is 0.581. The van der Waals surface area contributed by atoms with Gasteiger partial charge in [0.15, 0.2) is 5.01 Å². The predicted octanol–water partition coefficient (Wildman–Crippen LogP) is -0.0208. The maximum atomic E-state index is 8.62. The molecule has 0 aliphatic carbocycles. The minimum Gasteiger partial charge on any atom is -0.390 e. The molecule has 0 bridgehead atoms. The fraction of sp³-hybridized carbons (Fsp3) is 0.286. The van der Waals surface area contributed by atoms with Gasteiger partial charge in [-0.3, -0.25) is 0 Å². The summed E-state index contributed by atoms with van der Waals surface area (Å²) in [6.45, 7) is -0.217. The van der Waals surface area contributed by atoms with Gasteiger partial charge >= 0.3 is 0 Å². The first kappa shape index (κ1) is 8.21. The third kappa shape index (κ3) is 2.31. The molecule has 1 rings (SSSR count). The fourth-order valence-electron chi connectivity index (χ4n) is 0.552. The van der Waals surface area contributed by atoms with Crippen molar-refractivity contribution in [2.24, 2.45) is 0 Å². The molecule has 0 unspecified atom stereocenters. The molecule has 0 amide bonds. The van der Waals surface area contributed by atoms with Crippen LogP contribution in [0.1, 0.15) is 10.7 Å². The van der Waals surface area contributed by atoms with Gasteiger partial charge in [0, 0.05) is 5.38 Å². The summed E-state index contributed by atoms with van der Waals surface area (Å²) in [5, 5.41) is 19.3. The highest BCUT2D eigenvalue weighted by molar-refractivity contribution is 7.10. The van der Waals surface area contributed by atoms with E-state index in [0.717, 1.165) is 0 Å². The number of nitrogens with zero attached hydrogens (tertiary/aromatic N) is 1. The van der Waals surface area contributed by atoms with Crippen LogP contribution in [0.2, 0.25) is 0 Å². The molecule has 0 aliphatic heterocycles. The Morgan fingerprint density at radius 3 is 2.91 bits per heavy atom. The topological polar surface area (TPSA) is 53.4 Å². The van der Waals surface area contributed by atoms with E-state index < -0.39 is 0 Å². The average Bonchev–Trinajstić information content (AvgIpc) is 2.48. The van der Waals surface area contributed by atoms with Crippen LogP contribution in [0.15, 0.2) is 5.38 Å². The molecular weight excluding hydrogens is 162 g/mol.